The number of anilines is 1. The fourth-order valence-electron chi connectivity index (χ4n) is 1.73. The molecular formula is C14H16N2O4. The van der Waals surface area contributed by atoms with Crippen molar-refractivity contribution in [3.05, 3.63) is 35.2 Å². The van der Waals surface area contributed by atoms with E-state index in [1.165, 1.54) is 7.11 Å². The van der Waals surface area contributed by atoms with E-state index in [0.717, 1.165) is 5.56 Å². The Hall–Kier alpha value is -2.50. The van der Waals surface area contributed by atoms with E-state index in [4.69, 9.17) is 14.0 Å². The molecule has 0 spiro atoms. The minimum absolute atomic E-state index is 0.275. The van der Waals surface area contributed by atoms with E-state index in [1.807, 2.05) is 0 Å². The van der Waals surface area contributed by atoms with Gasteiger partial charge in [0.2, 0.25) is 0 Å². The fraction of sp³-hybridized carbons (Fsp3) is 0.286. The van der Waals surface area contributed by atoms with Crippen LogP contribution in [0.25, 0.3) is 0 Å². The summed E-state index contributed by atoms with van der Waals surface area (Å²) in [5.41, 5.74) is 1.59. The van der Waals surface area contributed by atoms with Gasteiger partial charge < -0.3 is 19.3 Å². The molecule has 2 aromatic rings. The summed E-state index contributed by atoms with van der Waals surface area (Å²) < 4.78 is 15.3. The molecule has 1 N–H and O–H groups in total. The van der Waals surface area contributed by atoms with Crippen LogP contribution < -0.4 is 14.8 Å². The summed E-state index contributed by atoms with van der Waals surface area (Å²) in [6, 6.07) is 5.12. The Kier molecular flexibility index (Phi) is 3.93. The van der Waals surface area contributed by atoms with E-state index >= 15 is 0 Å². The lowest BCUT2D eigenvalue weighted by Gasteiger charge is -2.10. The average Bonchev–Trinajstić information content (AvgIpc) is 2.79. The Morgan fingerprint density at radius 1 is 1.20 bits per heavy atom. The molecule has 0 saturated carbocycles. The number of carbonyl (C=O) groups excluding carboxylic acids is 1. The molecule has 6 heteroatoms. The number of amides is 1. The van der Waals surface area contributed by atoms with Crippen molar-refractivity contribution >= 4 is 11.6 Å². The molecule has 20 heavy (non-hydrogen) atoms. The lowest BCUT2D eigenvalue weighted by atomic mass is 10.2. The van der Waals surface area contributed by atoms with Crippen molar-refractivity contribution in [3.63, 3.8) is 0 Å². The topological polar surface area (TPSA) is 73.6 Å². The highest BCUT2D eigenvalue weighted by Crippen LogP contribution is 2.30. The number of nitrogens with zero attached hydrogens (tertiary/aromatic N) is 1. The molecule has 106 valence electrons. The second kappa shape index (κ2) is 5.64. The molecule has 0 fully saturated rings. The normalized spacial score (nSPS) is 10.2. The highest BCUT2D eigenvalue weighted by atomic mass is 16.5. The molecule has 1 amide bonds. The predicted octanol–water partition coefficient (Wildman–Crippen LogP) is 2.56. The smallest absolute Gasteiger partial charge is 0.278 e. The molecule has 0 atom stereocenters. The molecule has 6 nitrogen and oxygen atoms in total. The maximum atomic E-state index is 12.1. The molecule has 1 aromatic carbocycles. The van der Waals surface area contributed by atoms with Gasteiger partial charge in [-0.1, -0.05) is 5.16 Å². The highest BCUT2D eigenvalue weighted by Gasteiger charge is 2.17. The Morgan fingerprint density at radius 2 is 1.90 bits per heavy atom. The molecule has 0 radical (unpaired) electrons. The van der Waals surface area contributed by atoms with Crippen molar-refractivity contribution in [2.75, 3.05) is 19.5 Å². The Balaban J connectivity index is 2.22. The van der Waals surface area contributed by atoms with Crippen LogP contribution in [0.4, 0.5) is 5.69 Å². The third kappa shape index (κ3) is 2.59. The van der Waals surface area contributed by atoms with Crippen LogP contribution in [0.1, 0.15) is 21.8 Å². The van der Waals surface area contributed by atoms with E-state index in [2.05, 4.69) is 10.5 Å². The first-order valence-electron chi connectivity index (χ1n) is 6.03. The Labute approximate surface area is 116 Å². The van der Waals surface area contributed by atoms with Crippen LogP contribution in [0.2, 0.25) is 0 Å². The van der Waals surface area contributed by atoms with Crippen LogP contribution in [0.3, 0.4) is 0 Å². The van der Waals surface area contributed by atoms with E-state index in [-0.39, 0.29) is 11.6 Å². The van der Waals surface area contributed by atoms with Crippen molar-refractivity contribution in [3.8, 4) is 11.5 Å². The zero-order chi connectivity index (χ0) is 14.7. The molecule has 0 unspecified atom stereocenters. The van der Waals surface area contributed by atoms with Gasteiger partial charge in [0.15, 0.2) is 17.2 Å². The van der Waals surface area contributed by atoms with Crippen molar-refractivity contribution < 1.29 is 18.8 Å². The Bertz CT molecular complexity index is 634. The zero-order valence-electron chi connectivity index (χ0n) is 11.8. The van der Waals surface area contributed by atoms with Crippen LogP contribution in [0.15, 0.2) is 22.7 Å². The second-order valence-electron chi connectivity index (χ2n) is 4.24. The van der Waals surface area contributed by atoms with Gasteiger partial charge in [-0.3, -0.25) is 4.79 Å². The van der Waals surface area contributed by atoms with Crippen molar-refractivity contribution in [1.82, 2.24) is 5.16 Å². The van der Waals surface area contributed by atoms with Gasteiger partial charge in [0.1, 0.15) is 5.76 Å². The van der Waals surface area contributed by atoms with Crippen LogP contribution >= 0.6 is 0 Å². The van der Waals surface area contributed by atoms with Crippen LogP contribution in [-0.4, -0.2) is 25.3 Å². The predicted molar refractivity (Wildman–Crippen MR) is 73.5 cm³/mol. The summed E-state index contributed by atoms with van der Waals surface area (Å²) >= 11 is 0. The summed E-state index contributed by atoms with van der Waals surface area (Å²) in [7, 11) is 3.09. The number of hydrogen-bond donors (Lipinski definition) is 1. The summed E-state index contributed by atoms with van der Waals surface area (Å²) in [5.74, 6) is 1.44. The summed E-state index contributed by atoms with van der Waals surface area (Å²) in [5, 5.41) is 6.49. The van der Waals surface area contributed by atoms with Crippen molar-refractivity contribution in [2.45, 2.75) is 13.8 Å². The molecule has 0 bridgehead atoms. The number of rotatable bonds is 4. The number of ether oxygens (including phenoxy) is 2. The molecule has 1 aromatic heterocycles. The molecule has 0 aliphatic heterocycles. The fourth-order valence-corrected chi connectivity index (χ4v) is 1.73. The first kappa shape index (κ1) is 13.9. The van der Waals surface area contributed by atoms with Crippen LogP contribution in [-0.2, 0) is 0 Å². The highest BCUT2D eigenvalue weighted by molar-refractivity contribution is 6.04. The maximum absolute atomic E-state index is 12.1. The van der Waals surface area contributed by atoms with E-state index in [9.17, 15) is 4.79 Å². The number of carbonyl (C=O) groups is 1. The second-order valence-corrected chi connectivity index (χ2v) is 4.24. The molecule has 0 aliphatic rings. The van der Waals surface area contributed by atoms with Gasteiger partial charge in [0.05, 0.1) is 14.2 Å². The largest absolute Gasteiger partial charge is 0.493 e. The minimum Gasteiger partial charge on any atom is -0.493 e. The van der Waals surface area contributed by atoms with Gasteiger partial charge in [0, 0.05) is 17.3 Å². The van der Waals surface area contributed by atoms with Gasteiger partial charge in [0.25, 0.3) is 5.91 Å². The van der Waals surface area contributed by atoms with Crippen molar-refractivity contribution in [1.29, 1.82) is 0 Å². The number of hydrogen-bond acceptors (Lipinski definition) is 5. The zero-order valence-corrected chi connectivity index (χ0v) is 11.8. The van der Waals surface area contributed by atoms with Gasteiger partial charge in [-0.2, -0.15) is 0 Å². The Morgan fingerprint density at radius 3 is 2.45 bits per heavy atom. The summed E-state index contributed by atoms with van der Waals surface area (Å²) in [6.07, 6.45) is 0. The number of aryl methyl sites for hydroxylation is 1. The van der Waals surface area contributed by atoms with Crippen molar-refractivity contribution in [2.24, 2.45) is 0 Å². The van der Waals surface area contributed by atoms with Gasteiger partial charge >= 0.3 is 0 Å². The lowest BCUT2D eigenvalue weighted by Crippen LogP contribution is -2.13. The monoisotopic (exact) mass is 276 g/mol. The SMILES string of the molecule is COc1ccc(NC(=O)c2noc(C)c2C)cc1OC. The van der Waals surface area contributed by atoms with Gasteiger partial charge in [-0.05, 0) is 26.0 Å². The van der Waals surface area contributed by atoms with Crippen LogP contribution in [0, 0.1) is 13.8 Å². The molecule has 1 heterocycles. The molecule has 0 saturated heterocycles. The van der Waals surface area contributed by atoms with E-state index in [1.54, 1.807) is 39.2 Å². The maximum Gasteiger partial charge on any atom is 0.278 e. The number of nitrogens with one attached hydrogen (secondary N) is 1. The lowest BCUT2D eigenvalue weighted by molar-refractivity contribution is 0.101. The van der Waals surface area contributed by atoms with Gasteiger partial charge in [-0.25, -0.2) is 0 Å². The van der Waals surface area contributed by atoms with E-state index in [0.29, 0.717) is 22.9 Å². The molecule has 0 aliphatic carbocycles. The number of benzene rings is 1. The average molecular weight is 276 g/mol. The minimum atomic E-state index is -0.327. The summed E-state index contributed by atoms with van der Waals surface area (Å²) in [4.78, 5) is 12.1. The standard InChI is InChI=1S/C14H16N2O4/c1-8-9(2)20-16-13(8)14(17)15-10-5-6-11(18-3)12(7-10)19-4/h5-7H,1-4H3,(H,15,17). The van der Waals surface area contributed by atoms with E-state index < -0.39 is 0 Å². The quantitative estimate of drug-likeness (QED) is 0.929. The van der Waals surface area contributed by atoms with Gasteiger partial charge in [-0.15, -0.1) is 0 Å². The third-order valence-electron chi connectivity index (χ3n) is 3.01. The third-order valence-corrected chi connectivity index (χ3v) is 3.01. The summed E-state index contributed by atoms with van der Waals surface area (Å²) in [6.45, 7) is 3.55. The first-order chi connectivity index (χ1) is 9.56. The number of methoxy groups -OCH3 is 2. The molecular weight excluding hydrogens is 260 g/mol. The van der Waals surface area contributed by atoms with Crippen LogP contribution in [0.5, 0.6) is 11.5 Å². The molecule has 2 rings (SSSR count). The number of aromatic nitrogens is 1. The first-order valence-corrected chi connectivity index (χ1v) is 6.03.